The maximum atomic E-state index is 12.8. The average Bonchev–Trinajstić information content (AvgIpc) is 2.44. The van der Waals surface area contributed by atoms with Gasteiger partial charge in [0.2, 0.25) is 0 Å². The molecule has 3 nitrogen and oxygen atoms in total. The second-order valence-electron chi connectivity index (χ2n) is 5.77. The molecule has 0 fully saturated rings. The highest BCUT2D eigenvalue weighted by Crippen LogP contribution is 2.32. The quantitative estimate of drug-likeness (QED) is 0.605. The summed E-state index contributed by atoms with van der Waals surface area (Å²) < 4.78 is 75.2. The molecule has 2 N–H and O–H groups in total. The van der Waals surface area contributed by atoms with Crippen molar-refractivity contribution in [2.45, 2.75) is 38.2 Å². The Bertz CT molecular complexity index is 671. The van der Waals surface area contributed by atoms with Crippen LogP contribution < -0.4 is 10.6 Å². The highest BCUT2D eigenvalue weighted by molar-refractivity contribution is 6.00. The van der Waals surface area contributed by atoms with E-state index in [-0.39, 0.29) is 5.69 Å². The second kappa shape index (κ2) is 7.25. The zero-order valence-corrected chi connectivity index (χ0v) is 13.4. The smallest absolute Gasteiger partial charge is 0.384 e. The molecule has 138 valence electrons. The lowest BCUT2D eigenvalue weighted by Gasteiger charge is -2.21. The number of nitrogens with one attached hydrogen (secondary N) is 2. The van der Waals surface area contributed by atoms with Gasteiger partial charge in [-0.05, 0) is 32.0 Å². The fourth-order valence-corrected chi connectivity index (χ4v) is 1.79. The van der Waals surface area contributed by atoms with Gasteiger partial charge >= 0.3 is 12.4 Å². The van der Waals surface area contributed by atoms with E-state index in [1.165, 1.54) is 13.8 Å². The standard InChI is InChI=1S/C16H16F6N2O/c1-4-14(2,3)24-13(25)11-9-10(16(20,21)22)5-6-12(11)23-8-7-15(17,18)19/h1,5-6,9,23H,7-8H2,2-3H3,(H,24,25). The third-order valence-corrected chi connectivity index (χ3v) is 3.10. The van der Waals surface area contributed by atoms with Crippen LogP contribution in [0.4, 0.5) is 32.0 Å². The fourth-order valence-electron chi connectivity index (χ4n) is 1.79. The van der Waals surface area contributed by atoms with Crippen LogP contribution >= 0.6 is 0 Å². The number of benzene rings is 1. The minimum absolute atomic E-state index is 0.150. The maximum absolute atomic E-state index is 12.8. The van der Waals surface area contributed by atoms with Crippen LogP contribution in [0.5, 0.6) is 0 Å². The van der Waals surface area contributed by atoms with Gasteiger partial charge in [0.15, 0.2) is 0 Å². The average molecular weight is 366 g/mol. The lowest BCUT2D eigenvalue weighted by atomic mass is 10.0. The Labute approximate surface area is 140 Å². The van der Waals surface area contributed by atoms with Crippen molar-refractivity contribution in [3.8, 4) is 12.3 Å². The molecule has 0 spiro atoms. The molecule has 9 heteroatoms. The molecule has 1 aromatic rings. The number of hydrogen-bond acceptors (Lipinski definition) is 2. The van der Waals surface area contributed by atoms with E-state index in [2.05, 4.69) is 16.6 Å². The summed E-state index contributed by atoms with van der Waals surface area (Å²) in [4.78, 5) is 12.2. The lowest BCUT2D eigenvalue weighted by Crippen LogP contribution is -2.42. The van der Waals surface area contributed by atoms with Crippen molar-refractivity contribution in [2.75, 3.05) is 11.9 Å². The highest BCUT2D eigenvalue weighted by Gasteiger charge is 2.32. The topological polar surface area (TPSA) is 41.1 Å². The van der Waals surface area contributed by atoms with Gasteiger partial charge in [-0.2, -0.15) is 26.3 Å². The third kappa shape index (κ3) is 6.57. The first-order valence-corrected chi connectivity index (χ1v) is 7.07. The SMILES string of the molecule is C#CC(C)(C)NC(=O)c1cc(C(F)(F)F)ccc1NCCC(F)(F)F. The zero-order chi connectivity index (χ0) is 19.5. The van der Waals surface area contributed by atoms with Gasteiger partial charge in [-0.1, -0.05) is 5.92 Å². The van der Waals surface area contributed by atoms with E-state index in [9.17, 15) is 31.1 Å². The molecule has 0 aliphatic carbocycles. The molecule has 0 unspecified atom stereocenters. The summed E-state index contributed by atoms with van der Waals surface area (Å²) in [6.07, 6.45) is -5.14. The molecule has 0 heterocycles. The van der Waals surface area contributed by atoms with E-state index in [4.69, 9.17) is 6.42 Å². The summed E-state index contributed by atoms with van der Waals surface area (Å²) in [5.41, 5.74) is -2.84. The van der Waals surface area contributed by atoms with Gasteiger partial charge in [-0.3, -0.25) is 4.79 Å². The number of terminal acetylenes is 1. The molecule has 0 aliphatic heterocycles. The molecule has 1 aromatic carbocycles. The molecule has 0 atom stereocenters. The summed E-state index contributed by atoms with van der Waals surface area (Å²) in [6, 6.07) is 2.16. The van der Waals surface area contributed by atoms with Crippen molar-refractivity contribution in [1.82, 2.24) is 5.32 Å². The van der Waals surface area contributed by atoms with Crippen LogP contribution in [0.25, 0.3) is 0 Å². The molecule has 0 aromatic heterocycles. The first kappa shape index (κ1) is 20.7. The monoisotopic (exact) mass is 366 g/mol. The van der Waals surface area contributed by atoms with Gasteiger partial charge < -0.3 is 10.6 Å². The Morgan fingerprint density at radius 1 is 1.16 bits per heavy atom. The van der Waals surface area contributed by atoms with Crippen molar-refractivity contribution in [1.29, 1.82) is 0 Å². The summed E-state index contributed by atoms with van der Waals surface area (Å²) in [5, 5.41) is 4.68. The van der Waals surface area contributed by atoms with E-state index in [1.54, 1.807) is 0 Å². The van der Waals surface area contributed by atoms with E-state index >= 15 is 0 Å². The number of halogens is 6. The Morgan fingerprint density at radius 3 is 2.24 bits per heavy atom. The van der Waals surface area contributed by atoms with Crippen LogP contribution in [0.1, 0.15) is 36.2 Å². The first-order valence-electron chi connectivity index (χ1n) is 7.07. The van der Waals surface area contributed by atoms with Crippen molar-refractivity contribution in [3.05, 3.63) is 29.3 Å². The Balaban J connectivity index is 3.15. The first-order chi connectivity index (χ1) is 11.2. The maximum Gasteiger partial charge on any atom is 0.416 e. The highest BCUT2D eigenvalue weighted by atomic mass is 19.4. The van der Waals surface area contributed by atoms with Gasteiger partial charge in [-0.25, -0.2) is 0 Å². The van der Waals surface area contributed by atoms with Gasteiger partial charge in [0.25, 0.3) is 5.91 Å². The van der Waals surface area contributed by atoms with Crippen molar-refractivity contribution >= 4 is 11.6 Å². The summed E-state index contributed by atoms with van der Waals surface area (Å²) >= 11 is 0. The van der Waals surface area contributed by atoms with E-state index in [1.807, 2.05) is 0 Å². The third-order valence-electron chi connectivity index (χ3n) is 3.10. The largest absolute Gasteiger partial charge is 0.416 e. The Morgan fingerprint density at radius 2 is 1.76 bits per heavy atom. The number of amides is 1. The predicted octanol–water partition coefficient (Wildman–Crippen LogP) is 4.21. The number of hydrogen-bond donors (Lipinski definition) is 2. The predicted molar refractivity (Wildman–Crippen MR) is 81.0 cm³/mol. The molecule has 0 radical (unpaired) electrons. The van der Waals surface area contributed by atoms with Crippen LogP contribution in [0.3, 0.4) is 0 Å². The van der Waals surface area contributed by atoms with Crippen LogP contribution in [0.15, 0.2) is 18.2 Å². The lowest BCUT2D eigenvalue weighted by molar-refractivity contribution is -0.137. The molecule has 0 bridgehead atoms. The fraction of sp³-hybridized carbons (Fsp3) is 0.438. The Kier molecular flexibility index (Phi) is 6.00. The molecule has 0 saturated heterocycles. The minimum Gasteiger partial charge on any atom is -0.384 e. The molecule has 1 amide bonds. The van der Waals surface area contributed by atoms with E-state index in [0.717, 1.165) is 6.07 Å². The van der Waals surface area contributed by atoms with Crippen LogP contribution in [-0.4, -0.2) is 24.2 Å². The summed E-state index contributed by atoms with van der Waals surface area (Å²) in [5.74, 6) is 1.32. The summed E-state index contributed by atoms with van der Waals surface area (Å²) in [7, 11) is 0. The van der Waals surface area contributed by atoms with E-state index in [0.29, 0.717) is 12.1 Å². The molecule has 0 saturated carbocycles. The number of carbonyl (C=O) groups excluding carboxylic acids is 1. The molecular formula is C16H16F6N2O. The van der Waals surface area contributed by atoms with Crippen LogP contribution in [0, 0.1) is 12.3 Å². The Hall–Kier alpha value is -2.37. The minimum atomic E-state index is -4.71. The molecule has 1 rings (SSSR count). The van der Waals surface area contributed by atoms with Crippen molar-refractivity contribution in [3.63, 3.8) is 0 Å². The van der Waals surface area contributed by atoms with Gasteiger partial charge in [-0.15, -0.1) is 6.42 Å². The van der Waals surface area contributed by atoms with Gasteiger partial charge in [0.1, 0.15) is 0 Å². The number of anilines is 1. The number of carbonyl (C=O) groups is 1. The van der Waals surface area contributed by atoms with Crippen LogP contribution in [-0.2, 0) is 6.18 Å². The normalized spacial score (nSPS) is 12.4. The molecular weight excluding hydrogens is 350 g/mol. The van der Waals surface area contributed by atoms with E-state index < -0.39 is 47.9 Å². The number of alkyl halides is 6. The molecule has 0 aliphatic rings. The zero-order valence-electron chi connectivity index (χ0n) is 13.4. The molecule has 25 heavy (non-hydrogen) atoms. The second-order valence-corrected chi connectivity index (χ2v) is 5.77. The van der Waals surface area contributed by atoms with Crippen molar-refractivity contribution in [2.24, 2.45) is 0 Å². The number of rotatable bonds is 5. The van der Waals surface area contributed by atoms with Crippen molar-refractivity contribution < 1.29 is 31.1 Å². The summed E-state index contributed by atoms with van der Waals surface area (Å²) in [6.45, 7) is 2.32. The van der Waals surface area contributed by atoms with Gasteiger partial charge in [0, 0.05) is 12.2 Å². The van der Waals surface area contributed by atoms with Crippen LogP contribution in [0.2, 0.25) is 0 Å². The van der Waals surface area contributed by atoms with Gasteiger partial charge in [0.05, 0.1) is 23.1 Å².